The fourth-order valence-corrected chi connectivity index (χ4v) is 1.77. The van der Waals surface area contributed by atoms with Gasteiger partial charge in [-0.1, -0.05) is 41.7 Å². The standard InChI is InChI=1S/C9H9N3S/c10-8-7(12-9(11)13-8)6-4-2-1-3-5-6/h1-5H,10H2,(H2,11,12). The molecular formula is C9H9N3S. The summed E-state index contributed by atoms with van der Waals surface area (Å²) in [4.78, 5) is 4.15. The number of nitrogens with two attached hydrogens (primary N) is 2. The zero-order valence-electron chi connectivity index (χ0n) is 6.90. The molecule has 3 nitrogen and oxygen atoms in total. The van der Waals surface area contributed by atoms with Crippen LogP contribution in [-0.4, -0.2) is 4.98 Å². The minimum Gasteiger partial charge on any atom is -0.389 e. The van der Waals surface area contributed by atoms with Crippen molar-refractivity contribution in [2.75, 3.05) is 11.5 Å². The Bertz CT molecular complexity index is 408. The Hall–Kier alpha value is -1.55. The summed E-state index contributed by atoms with van der Waals surface area (Å²) in [6.07, 6.45) is 0. The minimum atomic E-state index is 0.511. The zero-order valence-corrected chi connectivity index (χ0v) is 7.71. The van der Waals surface area contributed by atoms with Crippen molar-refractivity contribution in [3.63, 3.8) is 0 Å². The normalized spacial score (nSPS) is 10.2. The van der Waals surface area contributed by atoms with Gasteiger partial charge in [-0.15, -0.1) is 0 Å². The van der Waals surface area contributed by atoms with Crippen LogP contribution in [0.5, 0.6) is 0 Å². The lowest BCUT2D eigenvalue weighted by molar-refractivity contribution is 1.41. The SMILES string of the molecule is Nc1nc(-c2ccccc2)c(N)s1. The minimum absolute atomic E-state index is 0.511. The first-order valence-corrected chi connectivity index (χ1v) is 4.66. The predicted octanol–water partition coefficient (Wildman–Crippen LogP) is 1.97. The number of thiazole rings is 1. The van der Waals surface area contributed by atoms with Gasteiger partial charge in [-0.05, 0) is 0 Å². The molecule has 0 bridgehead atoms. The number of anilines is 2. The molecule has 0 saturated heterocycles. The Balaban J connectivity index is 2.53. The molecule has 0 aliphatic rings. The second kappa shape index (κ2) is 3.06. The summed E-state index contributed by atoms with van der Waals surface area (Å²) in [5, 5.41) is 1.18. The number of hydrogen-bond acceptors (Lipinski definition) is 4. The van der Waals surface area contributed by atoms with E-state index in [4.69, 9.17) is 11.5 Å². The highest BCUT2D eigenvalue weighted by atomic mass is 32.1. The number of aromatic nitrogens is 1. The molecule has 0 aliphatic heterocycles. The zero-order chi connectivity index (χ0) is 9.26. The quantitative estimate of drug-likeness (QED) is 0.724. The van der Waals surface area contributed by atoms with Gasteiger partial charge in [0.2, 0.25) is 0 Å². The van der Waals surface area contributed by atoms with Crippen LogP contribution in [0, 0.1) is 0 Å². The van der Waals surface area contributed by atoms with Crippen molar-refractivity contribution >= 4 is 21.5 Å². The van der Waals surface area contributed by atoms with Gasteiger partial charge in [0.25, 0.3) is 0 Å². The van der Waals surface area contributed by atoms with E-state index in [1.807, 2.05) is 30.3 Å². The van der Waals surface area contributed by atoms with Crippen LogP contribution in [0.1, 0.15) is 0 Å². The Labute approximate surface area is 80.0 Å². The summed E-state index contributed by atoms with van der Waals surface area (Å²) in [7, 11) is 0. The fraction of sp³-hybridized carbons (Fsp3) is 0. The summed E-state index contributed by atoms with van der Waals surface area (Å²) in [5.74, 6) is 0. The van der Waals surface area contributed by atoms with Crippen LogP contribution in [0.4, 0.5) is 10.1 Å². The lowest BCUT2D eigenvalue weighted by atomic mass is 10.2. The number of nitrogens with zero attached hydrogens (tertiary/aromatic N) is 1. The van der Waals surface area contributed by atoms with Gasteiger partial charge in [0.1, 0.15) is 10.7 Å². The molecule has 1 heterocycles. The summed E-state index contributed by atoms with van der Waals surface area (Å²) in [5.41, 5.74) is 13.1. The molecule has 0 unspecified atom stereocenters. The highest BCUT2D eigenvalue weighted by Crippen LogP contribution is 2.31. The molecular weight excluding hydrogens is 182 g/mol. The second-order valence-corrected chi connectivity index (χ2v) is 3.69. The molecule has 1 aromatic carbocycles. The van der Waals surface area contributed by atoms with Crippen molar-refractivity contribution in [3.05, 3.63) is 30.3 Å². The van der Waals surface area contributed by atoms with Crippen LogP contribution in [0.15, 0.2) is 30.3 Å². The third-order valence-corrected chi connectivity index (χ3v) is 2.43. The van der Waals surface area contributed by atoms with Crippen LogP contribution in [0.3, 0.4) is 0 Å². The molecule has 0 spiro atoms. The van der Waals surface area contributed by atoms with Crippen molar-refractivity contribution in [2.45, 2.75) is 0 Å². The molecule has 13 heavy (non-hydrogen) atoms. The third kappa shape index (κ3) is 1.48. The average Bonchev–Trinajstić information content (AvgIpc) is 2.47. The van der Waals surface area contributed by atoms with E-state index in [1.165, 1.54) is 11.3 Å². The van der Waals surface area contributed by atoms with Gasteiger partial charge in [0, 0.05) is 5.56 Å². The van der Waals surface area contributed by atoms with E-state index in [0.29, 0.717) is 10.1 Å². The van der Waals surface area contributed by atoms with E-state index < -0.39 is 0 Å². The van der Waals surface area contributed by atoms with Crippen molar-refractivity contribution in [2.24, 2.45) is 0 Å². The van der Waals surface area contributed by atoms with Crippen molar-refractivity contribution < 1.29 is 0 Å². The first kappa shape index (κ1) is 8.07. The maximum atomic E-state index is 5.75. The average molecular weight is 191 g/mol. The van der Waals surface area contributed by atoms with Crippen molar-refractivity contribution in [3.8, 4) is 11.3 Å². The maximum absolute atomic E-state index is 5.75. The largest absolute Gasteiger partial charge is 0.389 e. The maximum Gasteiger partial charge on any atom is 0.182 e. The number of nitrogen functional groups attached to an aromatic ring is 2. The summed E-state index contributed by atoms with van der Waals surface area (Å²) >= 11 is 1.31. The van der Waals surface area contributed by atoms with Crippen LogP contribution < -0.4 is 11.5 Å². The smallest absolute Gasteiger partial charge is 0.182 e. The van der Waals surface area contributed by atoms with Gasteiger partial charge in [-0.2, -0.15) is 0 Å². The molecule has 0 fully saturated rings. The van der Waals surface area contributed by atoms with Gasteiger partial charge in [0.05, 0.1) is 0 Å². The van der Waals surface area contributed by atoms with Gasteiger partial charge in [0.15, 0.2) is 5.13 Å². The Morgan fingerprint density at radius 3 is 2.31 bits per heavy atom. The fourth-order valence-electron chi connectivity index (χ4n) is 1.15. The highest BCUT2D eigenvalue weighted by molar-refractivity contribution is 7.19. The van der Waals surface area contributed by atoms with Crippen LogP contribution in [0.2, 0.25) is 0 Å². The molecule has 1 aromatic heterocycles. The number of rotatable bonds is 1. The van der Waals surface area contributed by atoms with Gasteiger partial charge in [-0.25, -0.2) is 4.98 Å². The molecule has 0 saturated carbocycles. The van der Waals surface area contributed by atoms with Gasteiger partial charge < -0.3 is 11.5 Å². The van der Waals surface area contributed by atoms with E-state index in [-0.39, 0.29) is 0 Å². The summed E-state index contributed by atoms with van der Waals surface area (Å²) in [6.45, 7) is 0. The topological polar surface area (TPSA) is 64.9 Å². The number of benzene rings is 1. The van der Waals surface area contributed by atoms with E-state index in [2.05, 4.69) is 4.98 Å². The molecule has 2 aromatic rings. The van der Waals surface area contributed by atoms with Crippen LogP contribution >= 0.6 is 11.3 Å². The first-order valence-electron chi connectivity index (χ1n) is 3.84. The van der Waals surface area contributed by atoms with E-state index in [9.17, 15) is 0 Å². The van der Waals surface area contributed by atoms with Crippen molar-refractivity contribution in [1.82, 2.24) is 4.98 Å². The lowest BCUT2D eigenvalue weighted by Crippen LogP contribution is -1.85. The highest BCUT2D eigenvalue weighted by Gasteiger charge is 2.07. The van der Waals surface area contributed by atoms with E-state index >= 15 is 0 Å². The van der Waals surface area contributed by atoms with E-state index in [1.54, 1.807) is 0 Å². The molecule has 0 radical (unpaired) electrons. The molecule has 4 N–H and O–H groups in total. The number of hydrogen-bond donors (Lipinski definition) is 2. The summed E-state index contributed by atoms with van der Waals surface area (Å²) < 4.78 is 0. The molecule has 2 rings (SSSR count). The Morgan fingerprint density at radius 2 is 1.77 bits per heavy atom. The Kier molecular flexibility index (Phi) is 1.90. The molecule has 0 amide bonds. The van der Waals surface area contributed by atoms with Gasteiger partial charge in [-0.3, -0.25) is 0 Å². The monoisotopic (exact) mass is 191 g/mol. The van der Waals surface area contributed by atoms with Gasteiger partial charge >= 0.3 is 0 Å². The van der Waals surface area contributed by atoms with Crippen LogP contribution in [0.25, 0.3) is 11.3 Å². The molecule has 0 aliphatic carbocycles. The van der Waals surface area contributed by atoms with E-state index in [0.717, 1.165) is 11.3 Å². The van der Waals surface area contributed by atoms with Crippen LogP contribution in [-0.2, 0) is 0 Å². The summed E-state index contributed by atoms with van der Waals surface area (Å²) in [6, 6.07) is 9.78. The lowest BCUT2D eigenvalue weighted by Gasteiger charge is -1.95. The predicted molar refractivity (Wildman–Crippen MR) is 56.4 cm³/mol. The second-order valence-electron chi connectivity index (χ2n) is 2.63. The molecule has 4 heteroatoms. The Morgan fingerprint density at radius 1 is 1.08 bits per heavy atom. The first-order chi connectivity index (χ1) is 6.27. The van der Waals surface area contributed by atoms with Crippen molar-refractivity contribution in [1.29, 1.82) is 0 Å². The molecule has 0 atom stereocenters. The third-order valence-electron chi connectivity index (χ3n) is 1.72. The molecule has 66 valence electrons.